The fourth-order valence-electron chi connectivity index (χ4n) is 2.38. The lowest BCUT2D eigenvalue weighted by molar-refractivity contribution is 0.172. The molecule has 0 atom stereocenters. The van der Waals surface area contributed by atoms with Crippen LogP contribution < -0.4 is 10.2 Å². The molecular formula is C12H11BrClN5O2. The molecule has 0 spiro atoms. The first-order chi connectivity index (χ1) is 9.86. The number of anilines is 1. The molecule has 3 heterocycles. The highest BCUT2D eigenvalue weighted by molar-refractivity contribution is 9.10. The summed E-state index contributed by atoms with van der Waals surface area (Å²) < 4.78 is 0.801. The summed E-state index contributed by atoms with van der Waals surface area (Å²) in [6, 6.07) is 1.79. The topological polar surface area (TPSA) is 91.2 Å². The van der Waals surface area contributed by atoms with Gasteiger partial charge in [0, 0.05) is 23.8 Å². The van der Waals surface area contributed by atoms with Crippen LogP contribution in [0, 0.1) is 0 Å². The molecule has 110 valence electrons. The van der Waals surface area contributed by atoms with E-state index < -0.39 is 11.6 Å². The average molecular weight is 373 g/mol. The maximum Gasteiger partial charge on any atom is 0.405 e. The summed E-state index contributed by atoms with van der Waals surface area (Å²) in [4.78, 5) is 25.5. The van der Waals surface area contributed by atoms with Gasteiger partial charge in [-0.15, -0.1) is 0 Å². The van der Waals surface area contributed by atoms with Crippen molar-refractivity contribution >= 4 is 50.6 Å². The van der Waals surface area contributed by atoms with E-state index in [1.165, 1.54) is 0 Å². The second-order valence-electron chi connectivity index (χ2n) is 5.18. The highest BCUT2D eigenvalue weighted by atomic mass is 79.9. The zero-order chi connectivity index (χ0) is 15.2. The van der Waals surface area contributed by atoms with Crippen molar-refractivity contribution in [1.82, 2.24) is 20.3 Å². The predicted octanol–water partition coefficient (Wildman–Crippen LogP) is 2.29. The average Bonchev–Trinajstić information content (AvgIpc) is 2.34. The Kier molecular flexibility index (Phi) is 3.37. The lowest BCUT2D eigenvalue weighted by atomic mass is 9.92. The van der Waals surface area contributed by atoms with Crippen molar-refractivity contribution < 1.29 is 9.90 Å². The van der Waals surface area contributed by atoms with Crippen LogP contribution in [0.5, 0.6) is 0 Å². The third kappa shape index (κ3) is 2.73. The molecule has 2 N–H and O–H groups in total. The van der Waals surface area contributed by atoms with Gasteiger partial charge in [-0.1, -0.05) is 11.6 Å². The predicted molar refractivity (Wildman–Crippen MR) is 81.8 cm³/mol. The molecule has 21 heavy (non-hydrogen) atoms. The van der Waals surface area contributed by atoms with E-state index in [9.17, 15) is 4.79 Å². The summed E-state index contributed by atoms with van der Waals surface area (Å²) in [5, 5.41) is 11.6. The minimum Gasteiger partial charge on any atom is -0.465 e. The van der Waals surface area contributed by atoms with Gasteiger partial charge in [-0.3, -0.25) is 0 Å². The maximum atomic E-state index is 10.7. The Balaban J connectivity index is 1.87. The van der Waals surface area contributed by atoms with E-state index >= 15 is 0 Å². The molecule has 2 aromatic rings. The van der Waals surface area contributed by atoms with Gasteiger partial charge in [-0.05, 0) is 28.9 Å². The number of nitrogens with zero attached hydrogens (tertiary/aromatic N) is 4. The van der Waals surface area contributed by atoms with Crippen molar-refractivity contribution in [2.45, 2.75) is 12.5 Å². The van der Waals surface area contributed by atoms with Crippen molar-refractivity contribution in [3.05, 3.63) is 21.9 Å². The molecule has 1 fully saturated rings. The van der Waals surface area contributed by atoms with E-state index in [0.717, 1.165) is 4.47 Å². The lowest BCUT2D eigenvalue weighted by Gasteiger charge is -2.48. The number of amides is 1. The zero-order valence-electron chi connectivity index (χ0n) is 11.0. The van der Waals surface area contributed by atoms with E-state index in [0.29, 0.717) is 30.1 Å². The van der Waals surface area contributed by atoms with Crippen LogP contribution in [0.2, 0.25) is 5.15 Å². The van der Waals surface area contributed by atoms with Gasteiger partial charge >= 0.3 is 6.09 Å². The fourth-order valence-corrected chi connectivity index (χ4v) is 2.95. The number of hydrogen-bond donors (Lipinski definition) is 2. The molecule has 1 aliphatic heterocycles. The minimum absolute atomic E-state index is 0.278. The second kappa shape index (κ2) is 4.96. The highest BCUT2D eigenvalue weighted by Crippen LogP contribution is 2.31. The highest BCUT2D eigenvalue weighted by Gasteiger charge is 2.41. The van der Waals surface area contributed by atoms with Gasteiger partial charge in [0.15, 0.2) is 16.6 Å². The van der Waals surface area contributed by atoms with Gasteiger partial charge < -0.3 is 15.3 Å². The number of aromatic nitrogens is 3. The number of hydrogen-bond acceptors (Lipinski definition) is 5. The van der Waals surface area contributed by atoms with E-state index in [1.54, 1.807) is 12.3 Å². The Labute approximate surface area is 133 Å². The first-order valence-electron chi connectivity index (χ1n) is 6.11. The van der Waals surface area contributed by atoms with E-state index in [-0.39, 0.29) is 5.15 Å². The van der Waals surface area contributed by atoms with Crippen LogP contribution in [0.4, 0.5) is 10.6 Å². The van der Waals surface area contributed by atoms with Gasteiger partial charge in [0.25, 0.3) is 0 Å². The number of fused-ring (bicyclic) bond motifs is 1. The zero-order valence-corrected chi connectivity index (χ0v) is 13.3. The molecule has 3 rings (SSSR count). The third-order valence-electron chi connectivity index (χ3n) is 3.22. The SMILES string of the molecule is CC1(NC(=O)O)CN(c2nc3ncc(Br)cc3nc2Cl)C1. The molecule has 7 nitrogen and oxygen atoms in total. The van der Waals surface area contributed by atoms with Gasteiger partial charge in [0.2, 0.25) is 0 Å². The van der Waals surface area contributed by atoms with Crippen LogP contribution in [0.3, 0.4) is 0 Å². The number of nitrogens with one attached hydrogen (secondary N) is 1. The largest absolute Gasteiger partial charge is 0.465 e. The summed E-state index contributed by atoms with van der Waals surface area (Å²) in [6.07, 6.45) is 0.598. The molecule has 1 saturated heterocycles. The molecule has 0 unspecified atom stereocenters. The number of carboxylic acid groups (broad SMARTS) is 1. The minimum atomic E-state index is -1.04. The summed E-state index contributed by atoms with van der Waals surface area (Å²) in [7, 11) is 0. The van der Waals surface area contributed by atoms with E-state index in [1.807, 2.05) is 11.8 Å². The molecular weight excluding hydrogens is 362 g/mol. The molecule has 0 aromatic carbocycles. The molecule has 2 aromatic heterocycles. The van der Waals surface area contributed by atoms with Crippen LogP contribution in [-0.4, -0.2) is 44.8 Å². The Morgan fingerprint density at radius 2 is 2.24 bits per heavy atom. The summed E-state index contributed by atoms with van der Waals surface area (Å²) >= 11 is 9.49. The standard InChI is InChI=1S/C12H11BrClN5O2/c1-12(18-11(20)21)4-19(5-12)10-8(14)16-7-2-6(13)3-15-9(7)17-10/h2-3,18H,4-5H2,1H3,(H,20,21). The van der Waals surface area contributed by atoms with Crippen molar-refractivity contribution in [2.24, 2.45) is 0 Å². The van der Waals surface area contributed by atoms with E-state index in [2.05, 4.69) is 36.2 Å². The molecule has 0 saturated carbocycles. The Morgan fingerprint density at radius 1 is 1.52 bits per heavy atom. The van der Waals surface area contributed by atoms with Gasteiger partial charge in [0.1, 0.15) is 5.52 Å². The summed E-state index contributed by atoms with van der Waals surface area (Å²) in [5.74, 6) is 0.517. The molecule has 1 aliphatic rings. The van der Waals surface area contributed by atoms with Crippen molar-refractivity contribution in [3.63, 3.8) is 0 Å². The monoisotopic (exact) mass is 371 g/mol. The lowest BCUT2D eigenvalue weighted by Crippen LogP contribution is -2.68. The maximum absolute atomic E-state index is 10.7. The van der Waals surface area contributed by atoms with Crippen molar-refractivity contribution in [2.75, 3.05) is 18.0 Å². The van der Waals surface area contributed by atoms with E-state index in [4.69, 9.17) is 16.7 Å². The normalized spacial score (nSPS) is 16.6. The van der Waals surface area contributed by atoms with Crippen molar-refractivity contribution in [1.29, 1.82) is 0 Å². The third-order valence-corrected chi connectivity index (χ3v) is 3.90. The van der Waals surface area contributed by atoms with Crippen LogP contribution in [-0.2, 0) is 0 Å². The summed E-state index contributed by atoms with van der Waals surface area (Å²) in [5.41, 5.74) is 0.598. The fraction of sp³-hybridized carbons (Fsp3) is 0.333. The van der Waals surface area contributed by atoms with Gasteiger partial charge in [-0.2, -0.15) is 0 Å². The number of carbonyl (C=O) groups is 1. The van der Waals surface area contributed by atoms with Crippen LogP contribution in [0.1, 0.15) is 6.92 Å². The molecule has 9 heteroatoms. The Bertz CT molecular complexity index is 735. The van der Waals surface area contributed by atoms with Gasteiger partial charge in [-0.25, -0.2) is 19.7 Å². The first kappa shape index (κ1) is 14.3. The molecule has 0 bridgehead atoms. The molecule has 0 aliphatic carbocycles. The van der Waals surface area contributed by atoms with Crippen LogP contribution in [0.15, 0.2) is 16.7 Å². The number of rotatable bonds is 2. The quantitative estimate of drug-likeness (QED) is 0.840. The van der Waals surface area contributed by atoms with Gasteiger partial charge in [0.05, 0.1) is 5.54 Å². The smallest absolute Gasteiger partial charge is 0.405 e. The number of pyridine rings is 1. The first-order valence-corrected chi connectivity index (χ1v) is 7.28. The Morgan fingerprint density at radius 3 is 2.90 bits per heavy atom. The van der Waals surface area contributed by atoms with Crippen molar-refractivity contribution in [3.8, 4) is 0 Å². The van der Waals surface area contributed by atoms with Crippen LogP contribution >= 0.6 is 27.5 Å². The number of halogens is 2. The van der Waals surface area contributed by atoms with Crippen LogP contribution in [0.25, 0.3) is 11.2 Å². The molecule has 0 radical (unpaired) electrons. The molecule has 1 amide bonds. The Hall–Kier alpha value is -1.67. The summed E-state index contributed by atoms with van der Waals surface area (Å²) in [6.45, 7) is 2.79. The second-order valence-corrected chi connectivity index (χ2v) is 6.45.